The zero-order valence-corrected chi connectivity index (χ0v) is 13.8. The average Bonchev–Trinajstić information content (AvgIpc) is 3.00. The van der Waals surface area contributed by atoms with Gasteiger partial charge >= 0.3 is 5.97 Å². The molecule has 0 fully saturated rings. The summed E-state index contributed by atoms with van der Waals surface area (Å²) in [6.45, 7) is 4.27. The number of aryl methyl sites for hydroxylation is 1. The summed E-state index contributed by atoms with van der Waals surface area (Å²) in [4.78, 5) is 22.7. The number of ether oxygens (including phenoxy) is 1. The molecule has 0 radical (unpaired) electrons. The van der Waals surface area contributed by atoms with E-state index in [1.165, 1.54) is 4.88 Å². The lowest BCUT2D eigenvalue weighted by Crippen LogP contribution is -2.05. The molecule has 0 aliphatic rings. The maximum atomic E-state index is 11.8. The number of benzene rings is 1. The van der Waals surface area contributed by atoms with E-state index < -0.39 is 0 Å². The van der Waals surface area contributed by atoms with Crippen LogP contribution in [0.2, 0.25) is 0 Å². The number of nitrogens with one attached hydrogen (secondary N) is 1. The number of anilines is 2. The molecule has 5 nitrogen and oxygen atoms in total. The molecule has 0 spiro atoms. The van der Waals surface area contributed by atoms with Gasteiger partial charge in [-0.25, -0.2) is 14.8 Å². The van der Waals surface area contributed by atoms with E-state index in [1.807, 2.05) is 12.1 Å². The van der Waals surface area contributed by atoms with Crippen LogP contribution in [0.25, 0.3) is 10.2 Å². The first-order valence-electron chi connectivity index (χ1n) is 7.49. The number of aromatic nitrogens is 2. The van der Waals surface area contributed by atoms with Crippen molar-refractivity contribution in [2.24, 2.45) is 0 Å². The molecule has 0 aliphatic heterocycles. The first kappa shape index (κ1) is 15.4. The zero-order valence-electron chi connectivity index (χ0n) is 13.0. The van der Waals surface area contributed by atoms with Gasteiger partial charge in [0.1, 0.15) is 17.0 Å². The van der Waals surface area contributed by atoms with Crippen molar-refractivity contribution in [1.82, 2.24) is 9.97 Å². The van der Waals surface area contributed by atoms with Crippen molar-refractivity contribution in [3.05, 3.63) is 47.1 Å². The van der Waals surface area contributed by atoms with Gasteiger partial charge in [0.25, 0.3) is 0 Å². The Labute approximate surface area is 138 Å². The maximum Gasteiger partial charge on any atom is 0.338 e. The van der Waals surface area contributed by atoms with Gasteiger partial charge < -0.3 is 10.1 Å². The van der Waals surface area contributed by atoms with Crippen molar-refractivity contribution < 1.29 is 9.53 Å². The first-order chi connectivity index (χ1) is 11.2. The largest absolute Gasteiger partial charge is 0.462 e. The first-order valence-corrected chi connectivity index (χ1v) is 8.30. The normalized spacial score (nSPS) is 10.7. The molecule has 2 heterocycles. The number of carbonyl (C=O) groups is 1. The quantitative estimate of drug-likeness (QED) is 0.712. The summed E-state index contributed by atoms with van der Waals surface area (Å²) in [5, 5.41) is 4.27. The van der Waals surface area contributed by atoms with Gasteiger partial charge in [-0.05, 0) is 37.6 Å². The highest BCUT2D eigenvalue weighted by Gasteiger charge is 2.10. The molecule has 0 amide bonds. The minimum atomic E-state index is -0.326. The van der Waals surface area contributed by atoms with E-state index in [1.54, 1.807) is 36.7 Å². The van der Waals surface area contributed by atoms with Gasteiger partial charge in [0.05, 0.1) is 17.6 Å². The number of hydrogen-bond donors (Lipinski definition) is 1. The standard InChI is InChI=1S/C17H17N3O2S/c1-3-13-9-14-15(18-10-19-16(14)23-13)20-12-7-5-6-11(8-12)17(21)22-4-2/h5-10H,3-4H2,1-2H3,(H,18,19,20). The minimum Gasteiger partial charge on any atom is -0.462 e. The highest BCUT2D eigenvalue weighted by Crippen LogP contribution is 2.30. The molecule has 0 saturated heterocycles. The monoisotopic (exact) mass is 327 g/mol. The van der Waals surface area contributed by atoms with Crippen molar-refractivity contribution in [3.8, 4) is 0 Å². The van der Waals surface area contributed by atoms with Gasteiger partial charge in [0.2, 0.25) is 0 Å². The Hall–Kier alpha value is -2.47. The molecule has 0 unspecified atom stereocenters. The molecule has 0 bridgehead atoms. The van der Waals surface area contributed by atoms with E-state index >= 15 is 0 Å². The molecule has 23 heavy (non-hydrogen) atoms. The van der Waals surface area contributed by atoms with E-state index in [0.717, 1.165) is 28.1 Å². The SMILES string of the molecule is CCOC(=O)c1cccc(Nc2ncnc3sc(CC)cc23)c1. The Bertz CT molecular complexity index is 845. The molecule has 3 aromatic rings. The lowest BCUT2D eigenvalue weighted by molar-refractivity contribution is 0.0526. The maximum absolute atomic E-state index is 11.8. The molecule has 0 aliphatic carbocycles. The van der Waals surface area contributed by atoms with E-state index in [9.17, 15) is 4.79 Å². The molecule has 2 aromatic heterocycles. The van der Waals surface area contributed by atoms with Crippen molar-refractivity contribution >= 4 is 39.0 Å². The van der Waals surface area contributed by atoms with Gasteiger partial charge in [-0.2, -0.15) is 0 Å². The van der Waals surface area contributed by atoms with Gasteiger partial charge in [-0.15, -0.1) is 11.3 Å². The Morgan fingerprint density at radius 1 is 1.26 bits per heavy atom. The van der Waals surface area contributed by atoms with Gasteiger partial charge in [0.15, 0.2) is 0 Å². The molecule has 118 valence electrons. The number of thiophene rings is 1. The number of rotatable bonds is 5. The smallest absolute Gasteiger partial charge is 0.338 e. The molecular weight excluding hydrogens is 310 g/mol. The van der Waals surface area contributed by atoms with E-state index in [4.69, 9.17) is 4.74 Å². The highest BCUT2D eigenvalue weighted by molar-refractivity contribution is 7.18. The number of carbonyl (C=O) groups excluding carboxylic acids is 1. The Balaban J connectivity index is 1.91. The summed E-state index contributed by atoms with van der Waals surface area (Å²) in [5.41, 5.74) is 1.31. The third-order valence-corrected chi connectivity index (χ3v) is 4.55. The zero-order chi connectivity index (χ0) is 16.2. The van der Waals surface area contributed by atoms with Crippen LogP contribution in [0.1, 0.15) is 29.1 Å². The number of fused-ring (bicyclic) bond motifs is 1. The third-order valence-electron chi connectivity index (χ3n) is 3.37. The second kappa shape index (κ2) is 6.75. The van der Waals surface area contributed by atoms with E-state index in [0.29, 0.717) is 12.2 Å². The van der Waals surface area contributed by atoms with Crippen LogP contribution in [0.15, 0.2) is 36.7 Å². The Morgan fingerprint density at radius 3 is 2.91 bits per heavy atom. The fourth-order valence-electron chi connectivity index (χ4n) is 2.25. The molecule has 1 aromatic carbocycles. The molecular formula is C17H17N3O2S. The van der Waals surface area contributed by atoms with Gasteiger partial charge in [0, 0.05) is 10.6 Å². The van der Waals surface area contributed by atoms with Crippen molar-refractivity contribution in [1.29, 1.82) is 0 Å². The fourth-order valence-corrected chi connectivity index (χ4v) is 3.19. The van der Waals surface area contributed by atoms with Crippen LogP contribution in [0.4, 0.5) is 11.5 Å². The van der Waals surface area contributed by atoms with Crippen LogP contribution < -0.4 is 5.32 Å². The lowest BCUT2D eigenvalue weighted by atomic mass is 10.2. The lowest BCUT2D eigenvalue weighted by Gasteiger charge is -2.08. The van der Waals surface area contributed by atoms with E-state index in [-0.39, 0.29) is 5.97 Å². The second-order valence-corrected chi connectivity index (χ2v) is 6.05. The number of hydrogen-bond acceptors (Lipinski definition) is 6. The summed E-state index contributed by atoms with van der Waals surface area (Å²) in [5.74, 6) is 0.416. The van der Waals surface area contributed by atoms with Crippen LogP contribution in [0, 0.1) is 0 Å². The fraction of sp³-hybridized carbons (Fsp3) is 0.235. The topological polar surface area (TPSA) is 64.1 Å². The summed E-state index contributed by atoms with van der Waals surface area (Å²) < 4.78 is 5.03. The van der Waals surface area contributed by atoms with Gasteiger partial charge in [-0.1, -0.05) is 13.0 Å². The second-order valence-electron chi connectivity index (χ2n) is 4.93. The van der Waals surface area contributed by atoms with E-state index in [2.05, 4.69) is 28.3 Å². The Morgan fingerprint density at radius 2 is 2.13 bits per heavy atom. The summed E-state index contributed by atoms with van der Waals surface area (Å²) in [6.07, 6.45) is 2.52. The summed E-state index contributed by atoms with van der Waals surface area (Å²) in [7, 11) is 0. The van der Waals surface area contributed by atoms with Crippen molar-refractivity contribution in [2.75, 3.05) is 11.9 Å². The van der Waals surface area contributed by atoms with Crippen LogP contribution >= 0.6 is 11.3 Å². The molecule has 6 heteroatoms. The number of nitrogens with zero attached hydrogens (tertiary/aromatic N) is 2. The van der Waals surface area contributed by atoms with Crippen LogP contribution in [-0.2, 0) is 11.2 Å². The molecule has 1 N–H and O–H groups in total. The van der Waals surface area contributed by atoms with Crippen LogP contribution in [0.5, 0.6) is 0 Å². The molecule has 0 saturated carbocycles. The number of esters is 1. The van der Waals surface area contributed by atoms with Crippen LogP contribution in [-0.4, -0.2) is 22.5 Å². The summed E-state index contributed by atoms with van der Waals surface area (Å²) in [6, 6.07) is 9.32. The third kappa shape index (κ3) is 3.32. The predicted octanol–water partition coefficient (Wildman–Crippen LogP) is 4.17. The highest BCUT2D eigenvalue weighted by atomic mass is 32.1. The molecule has 0 atom stereocenters. The van der Waals surface area contributed by atoms with Crippen LogP contribution in [0.3, 0.4) is 0 Å². The Kier molecular flexibility index (Phi) is 4.52. The molecule has 3 rings (SSSR count). The van der Waals surface area contributed by atoms with Gasteiger partial charge in [-0.3, -0.25) is 0 Å². The average molecular weight is 327 g/mol. The minimum absolute atomic E-state index is 0.326. The van der Waals surface area contributed by atoms with Crippen molar-refractivity contribution in [2.45, 2.75) is 20.3 Å². The summed E-state index contributed by atoms with van der Waals surface area (Å²) >= 11 is 1.67. The predicted molar refractivity (Wildman–Crippen MR) is 92.5 cm³/mol. The van der Waals surface area contributed by atoms with Crippen molar-refractivity contribution in [3.63, 3.8) is 0 Å².